The molecule has 4 atom stereocenters. The van der Waals surface area contributed by atoms with E-state index in [4.69, 9.17) is 14.5 Å². The molecular weight excluding hydrogens is 567 g/mol. The minimum absolute atomic E-state index is 0.0169. The number of amidine groups is 1. The van der Waals surface area contributed by atoms with Gasteiger partial charge >= 0.3 is 11.9 Å². The zero-order valence-electron chi connectivity index (χ0n) is 20.0. The summed E-state index contributed by atoms with van der Waals surface area (Å²) in [5, 5.41) is 15.2. The van der Waals surface area contributed by atoms with E-state index in [0.717, 1.165) is 0 Å². The first kappa shape index (κ1) is 26.0. The molecule has 5 rings (SSSR count). The number of carboxylic acids is 1. The fraction of sp³-hybridized carbons (Fsp3) is 0.440. The molecule has 3 aliphatic rings. The van der Waals surface area contributed by atoms with Crippen LogP contribution in [0.4, 0.5) is 4.39 Å². The minimum atomic E-state index is -0.793. The lowest BCUT2D eigenvalue weighted by Crippen LogP contribution is -2.58. The molecule has 37 heavy (non-hydrogen) atoms. The van der Waals surface area contributed by atoms with Crippen molar-refractivity contribution in [3.05, 3.63) is 61.9 Å². The number of carbonyl (C=O) groups excluding carboxylic acids is 1. The van der Waals surface area contributed by atoms with Crippen molar-refractivity contribution in [3.8, 4) is 0 Å². The monoisotopic (exact) mass is 592 g/mol. The number of piperidine rings is 1. The van der Waals surface area contributed by atoms with Gasteiger partial charge in [-0.25, -0.2) is 14.2 Å². The lowest BCUT2D eigenvalue weighted by Gasteiger charge is -2.49. The number of aliphatic carboxylic acids is 1. The molecule has 2 N–H and O–H groups in total. The second kappa shape index (κ2) is 11.0. The van der Waals surface area contributed by atoms with Crippen molar-refractivity contribution >= 4 is 45.0 Å². The van der Waals surface area contributed by atoms with Gasteiger partial charge < -0.3 is 19.9 Å². The number of thiazole rings is 1. The molecule has 1 aromatic carbocycles. The number of halogens is 2. The summed E-state index contributed by atoms with van der Waals surface area (Å²) in [4.78, 5) is 36.1. The zero-order valence-corrected chi connectivity index (χ0v) is 22.4. The Morgan fingerprint density at radius 1 is 1.32 bits per heavy atom. The van der Waals surface area contributed by atoms with Crippen LogP contribution in [0.25, 0.3) is 0 Å². The van der Waals surface area contributed by atoms with E-state index in [1.165, 1.54) is 30.6 Å². The standard InChI is InChI=1S/C25H26BrFN4O5S/c1-35-25(34)21-19(10-31-15-6-13(8-20(32)33)7-16(31)12-36-11-15)29-23(24-28-4-5-37-24)30-22(21)17-3-2-14(27)9-18(17)26/h2-5,9,13,15-16,22H,6-8,10-12H2,1H3,(H,29,30)(H,32,33)/t13-,15+,16-,22-/m0/s1. The summed E-state index contributed by atoms with van der Waals surface area (Å²) in [6.45, 7) is 1.38. The van der Waals surface area contributed by atoms with Gasteiger partial charge in [0.1, 0.15) is 11.9 Å². The lowest BCUT2D eigenvalue weighted by molar-refractivity contribution is -0.141. The molecule has 2 fully saturated rings. The van der Waals surface area contributed by atoms with Crippen LogP contribution in [0, 0.1) is 11.7 Å². The maximum Gasteiger partial charge on any atom is 0.338 e. The third-order valence-corrected chi connectivity index (χ3v) is 8.46. The number of ether oxygens (including phenoxy) is 2. The third kappa shape index (κ3) is 5.47. The Bertz CT molecular complexity index is 1240. The number of rotatable bonds is 7. The fourth-order valence-electron chi connectivity index (χ4n) is 5.42. The third-order valence-electron chi connectivity index (χ3n) is 7.00. The Morgan fingerprint density at radius 3 is 2.70 bits per heavy atom. The highest BCUT2D eigenvalue weighted by Crippen LogP contribution is 2.39. The smallest absolute Gasteiger partial charge is 0.338 e. The molecule has 0 spiro atoms. The Labute approximate surface area is 225 Å². The molecule has 0 unspecified atom stereocenters. The van der Waals surface area contributed by atoms with Gasteiger partial charge in [0.2, 0.25) is 0 Å². The van der Waals surface area contributed by atoms with Crippen molar-refractivity contribution < 1.29 is 28.6 Å². The second-order valence-corrected chi connectivity index (χ2v) is 11.1. The first-order valence-electron chi connectivity index (χ1n) is 11.9. The van der Waals surface area contributed by atoms with Crippen LogP contribution in [0.5, 0.6) is 0 Å². The second-order valence-electron chi connectivity index (χ2n) is 9.34. The number of hydrogen-bond acceptors (Lipinski definition) is 9. The Hall–Kier alpha value is -2.67. The molecule has 2 bridgehead atoms. The largest absolute Gasteiger partial charge is 0.481 e. The molecular formula is C25H26BrFN4O5S. The molecule has 0 amide bonds. The molecule has 196 valence electrons. The van der Waals surface area contributed by atoms with Crippen LogP contribution in [0.1, 0.15) is 35.9 Å². The SMILES string of the molecule is COC(=O)C1=C(CN2[C@@H]3COC[C@H]2C[C@H](CC(=O)O)C3)NC(c2nccs2)=N[C@H]1c1ccc(F)cc1Br. The van der Waals surface area contributed by atoms with Gasteiger partial charge in [-0.05, 0) is 36.5 Å². The highest BCUT2D eigenvalue weighted by Gasteiger charge is 2.42. The summed E-state index contributed by atoms with van der Waals surface area (Å²) in [5.74, 6) is -1.14. The number of nitrogens with zero attached hydrogens (tertiary/aromatic N) is 3. The van der Waals surface area contributed by atoms with E-state index in [1.54, 1.807) is 12.3 Å². The minimum Gasteiger partial charge on any atom is -0.481 e. The Kier molecular flexibility index (Phi) is 7.70. The van der Waals surface area contributed by atoms with Crippen LogP contribution in [0.3, 0.4) is 0 Å². The van der Waals surface area contributed by atoms with E-state index < -0.39 is 23.8 Å². The first-order valence-corrected chi connectivity index (χ1v) is 13.6. The number of esters is 1. The molecule has 0 saturated carbocycles. The normalized spacial score (nSPS) is 25.9. The van der Waals surface area contributed by atoms with Crippen LogP contribution in [0.15, 0.2) is 50.5 Å². The predicted molar refractivity (Wildman–Crippen MR) is 138 cm³/mol. The molecule has 1 aromatic heterocycles. The van der Waals surface area contributed by atoms with Gasteiger partial charge in [0.15, 0.2) is 10.8 Å². The highest BCUT2D eigenvalue weighted by molar-refractivity contribution is 9.10. The van der Waals surface area contributed by atoms with Crippen LogP contribution in [0.2, 0.25) is 0 Å². The van der Waals surface area contributed by atoms with Crippen molar-refractivity contribution in [1.82, 2.24) is 15.2 Å². The van der Waals surface area contributed by atoms with Gasteiger partial charge in [-0.3, -0.25) is 14.7 Å². The van der Waals surface area contributed by atoms with E-state index in [9.17, 15) is 19.1 Å². The lowest BCUT2D eigenvalue weighted by atomic mass is 9.82. The average Bonchev–Trinajstić information content (AvgIpc) is 3.38. The summed E-state index contributed by atoms with van der Waals surface area (Å²) in [7, 11) is 1.32. The summed E-state index contributed by atoms with van der Waals surface area (Å²) in [6.07, 6.45) is 3.21. The van der Waals surface area contributed by atoms with Crippen molar-refractivity contribution in [2.45, 2.75) is 37.4 Å². The van der Waals surface area contributed by atoms with Gasteiger partial charge in [-0.2, -0.15) is 0 Å². The number of carboxylic acid groups (broad SMARTS) is 1. The molecule has 12 heteroatoms. The number of methoxy groups -OCH3 is 1. The molecule has 0 radical (unpaired) electrons. The first-order chi connectivity index (χ1) is 17.8. The van der Waals surface area contributed by atoms with Crippen LogP contribution in [-0.2, 0) is 19.1 Å². The number of morpholine rings is 1. The molecule has 2 aromatic rings. The number of aromatic nitrogens is 1. The van der Waals surface area contributed by atoms with Crippen molar-refractivity contribution in [3.63, 3.8) is 0 Å². The summed E-state index contributed by atoms with van der Waals surface area (Å²) < 4.78 is 25.4. The van der Waals surface area contributed by atoms with Gasteiger partial charge in [0, 0.05) is 46.8 Å². The summed E-state index contributed by atoms with van der Waals surface area (Å²) in [6, 6.07) is 3.58. The summed E-state index contributed by atoms with van der Waals surface area (Å²) >= 11 is 4.86. The number of benzene rings is 1. The van der Waals surface area contributed by atoms with E-state index >= 15 is 0 Å². The van der Waals surface area contributed by atoms with Gasteiger partial charge in [0.05, 0.1) is 25.9 Å². The van der Waals surface area contributed by atoms with Crippen molar-refractivity contribution in [2.75, 3.05) is 26.9 Å². The van der Waals surface area contributed by atoms with E-state index in [2.05, 4.69) is 31.1 Å². The van der Waals surface area contributed by atoms with Crippen molar-refractivity contribution in [1.29, 1.82) is 0 Å². The number of hydrogen-bond donors (Lipinski definition) is 2. The zero-order chi connectivity index (χ0) is 26.1. The number of fused-ring (bicyclic) bond motifs is 2. The Morgan fingerprint density at radius 2 is 2.08 bits per heavy atom. The molecule has 4 heterocycles. The van der Waals surface area contributed by atoms with E-state index in [0.29, 0.717) is 64.7 Å². The predicted octanol–water partition coefficient (Wildman–Crippen LogP) is 3.52. The van der Waals surface area contributed by atoms with E-state index in [1.807, 2.05) is 5.38 Å². The van der Waals surface area contributed by atoms with Crippen molar-refractivity contribution in [2.24, 2.45) is 10.9 Å². The quantitative estimate of drug-likeness (QED) is 0.470. The molecule has 9 nitrogen and oxygen atoms in total. The molecule has 2 saturated heterocycles. The average molecular weight is 593 g/mol. The molecule has 0 aliphatic carbocycles. The number of nitrogens with one attached hydrogen (secondary N) is 1. The van der Waals surface area contributed by atoms with Gasteiger partial charge in [-0.15, -0.1) is 11.3 Å². The van der Waals surface area contributed by atoms with Crippen LogP contribution < -0.4 is 5.32 Å². The number of carbonyl (C=O) groups is 2. The van der Waals surface area contributed by atoms with Crippen LogP contribution in [-0.4, -0.2) is 71.7 Å². The van der Waals surface area contributed by atoms with E-state index in [-0.39, 0.29) is 24.4 Å². The Balaban J connectivity index is 1.55. The summed E-state index contributed by atoms with van der Waals surface area (Å²) in [5.41, 5.74) is 1.59. The van der Waals surface area contributed by atoms with Crippen LogP contribution >= 0.6 is 27.3 Å². The fourth-order valence-corrected chi connectivity index (χ4v) is 6.58. The van der Waals surface area contributed by atoms with Gasteiger partial charge in [0.25, 0.3) is 0 Å². The maximum absolute atomic E-state index is 13.9. The topological polar surface area (TPSA) is 113 Å². The highest BCUT2D eigenvalue weighted by atomic mass is 79.9. The number of aliphatic imine (C=N–C) groups is 1. The molecule has 3 aliphatic heterocycles. The maximum atomic E-state index is 13.9. The van der Waals surface area contributed by atoms with Gasteiger partial charge in [-0.1, -0.05) is 22.0 Å².